The van der Waals surface area contributed by atoms with E-state index in [0.29, 0.717) is 0 Å². The van der Waals surface area contributed by atoms with Crippen molar-refractivity contribution in [3.63, 3.8) is 0 Å². The topological polar surface area (TPSA) is 43.3 Å². The molecule has 0 aromatic rings. The van der Waals surface area contributed by atoms with Gasteiger partial charge in [-0.05, 0) is 6.92 Å². The van der Waals surface area contributed by atoms with Crippen molar-refractivity contribution in [3.8, 4) is 0 Å². The van der Waals surface area contributed by atoms with Gasteiger partial charge in [0.15, 0.2) is 0 Å². The van der Waals surface area contributed by atoms with E-state index in [4.69, 9.17) is 5.11 Å². The molecule has 0 radical (unpaired) electrons. The molecule has 0 bridgehead atoms. The van der Waals surface area contributed by atoms with Gasteiger partial charge in [0.05, 0.1) is 5.79 Å². The fourth-order valence-corrected chi connectivity index (χ4v) is 0. The Bertz CT molecular complexity index is 67.5. The summed E-state index contributed by atoms with van der Waals surface area (Å²) in [6.07, 6.45) is -5.06. The molecule has 1 N–H and O–H groups in total. The molecular formula is C3H4F3O2-. The minimum absolute atomic E-state index is 0.146. The van der Waals surface area contributed by atoms with Gasteiger partial charge in [-0.2, -0.15) is 13.2 Å². The van der Waals surface area contributed by atoms with Crippen LogP contribution in [0, 0.1) is 0 Å². The van der Waals surface area contributed by atoms with Crippen LogP contribution in [0.15, 0.2) is 0 Å². The zero-order chi connectivity index (χ0) is 7.00. The van der Waals surface area contributed by atoms with Crippen molar-refractivity contribution in [2.24, 2.45) is 0 Å². The predicted octanol–water partition coefficient (Wildman–Crippen LogP) is -0.382. The summed E-state index contributed by atoms with van der Waals surface area (Å²) in [7, 11) is 0. The van der Waals surface area contributed by atoms with Crippen LogP contribution in [0.1, 0.15) is 6.92 Å². The van der Waals surface area contributed by atoms with Crippen LogP contribution in [0.3, 0.4) is 0 Å². The molecule has 0 unspecified atom stereocenters. The molecule has 0 amide bonds. The van der Waals surface area contributed by atoms with E-state index in [-0.39, 0.29) is 6.92 Å². The highest BCUT2D eigenvalue weighted by Crippen LogP contribution is 2.24. The van der Waals surface area contributed by atoms with Crippen LogP contribution >= 0.6 is 0 Å². The SMILES string of the molecule is C[C@]([O-])(O)C(F)(F)F. The van der Waals surface area contributed by atoms with Crippen molar-refractivity contribution in [3.05, 3.63) is 0 Å². The number of halogens is 3. The maximum absolute atomic E-state index is 11.0. The summed E-state index contributed by atoms with van der Waals surface area (Å²) in [5, 5.41) is 17.2. The monoisotopic (exact) mass is 129 g/mol. The van der Waals surface area contributed by atoms with Gasteiger partial charge in [-0.15, -0.1) is 0 Å². The number of rotatable bonds is 0. The molecule has 8 heavy (non-hydrogen) atoms. The van der Waals surface area contributed by atoms with E-state index in [2.05, 4.69) is 0 Å². The van der Waals surface area contributed by atoms with Crippen LogP contribution in [-0.4, -0.2) is 17.1 Å². The molecule has 0 aliphatic rings. The van der Waals surface area contributed by atoms with E-state index in [1.54, 1.807) is 0 Å². The molecule has 5 heteroatoms. The normalized spacial score (nSPS) is 20.2. The van der Waals surface area contributed by atoms with E-state index in [9.17, 15) is 18.3 Å². The summed E-state index contributed by atoms with van der Waals surface area (Å²) in [6.45, 7) is 0.146. The molecule has 0 saturated heterocycles. The molecule has 0 fully saturated rings. The molecule has 50 valence electrons. The molecule has 0 aromatic heterocycles. The number of alkyl halides is 3. The second kappa shape index (κ2) is 1.60. The molecule has 0 aliphatic carbocycles. The molecule has 0 heterocycles. The Hall–Kier alpha value is -0.290. The first-order valence-corrected chi connectivity index (χ1v) is 1.74. The van der Waals surface area contributed by atoms with Gasteiger partial charge in [-0.25, -0.2) is 0 Å². The summed E-state index contributed by atoms with van der Waals surface area (Å²) in [6, 6.07) is 0. The van der Waals surface area contributed by atoms with Crippen LogP contribution in [0.2, 0.25) is 0 Å². The summed E-state index contributed by atoms with van der Waals surface area (Å²) in [4.78, 5) is 0. The predicted molar refractivity (Wildman–Crippen MR) is 16.7 cm³/mol. The lowest BCUT2D eigenvalue weighted by Gasteiger charge is -2.31. The summed E-state index contributed by atoms with van der Waals surface area (Å²) < 4.78 is 33.0. The summed E-state index contributed by atoms with van der Waals surface area (Å²) in [5.74, 6) is -3.81. The Morgan fingerprint density at radius 1 is 1.38 bits per heavy atom. The minimum atomic E-state index is -5.06. The molecule has 0 spiro atoms. The number of hydrogen-bond donors (Lipinski definition) is 1. The van der Waals surface area contributed by atoms with Crippen LogP contribution in [0.5, 0.6) is 0 Å². The molecule has 0 saturated carbocycles. The molecule has 0 aromatic carbocycles. The van der Waals surface area contributed by atoms with Gasteiger partial charge in [0.25, 0.3) is 0 Å². The van der Waals surface area contributed by atoms with Crippen LogP contribution in [-0.2, 0) is 0 Å². The zero-order valence-corrected chi connectivity index (χ0v) is 3.99. The third-order valence-corrected chi connectivity index (χ3v) is 0.526. The maximum atomic E-state index is 11.0. The number of aliphatic hydroxyl groups is 1. The van der Waals surface area contributed by atoms with Crippen LogP contribution in [0.25, 0.3) is 0 Å². The van der Waals surface area contributed by atoms with Gasteiger partial charge < -0.3 is 10.2 Å². The van der Waals surface area contributed by atoms with Crippen molar-refractivity contribution in [2.45, 2.75) is 18.9 Å². The third-order valence-electron chi connectivity index (χ3n) is 0.526. The Kier molecular flexibility index (Phi) is 1.54. The van der Waals surface area contributed by atoms with Gasteiger partial charge in [0.2, 0.25) is 0 Å². The quantitative estimate of drug-likeness (QED) is 0.453. The van der Waals surface area contributed by atoms with Crippen molar-refractivity contribution in [1.82, 2.24) is 0 Å². The number of hydrogen-bond acceptors (Lipinski definition) is 2. The smallest absolute Gasteiger partial charge is 0.402 e. The Morgan fingerprint density at radius 2 is 1.50 bits per heavy atom. The lowest BCUT2D eigenvalue weighted by molar-refractivity contribution is -0.598. The van der Waals surface area contributed by atoms with Crippen molar-refractivity contribution in [1.29, 1.82) is 0 Å². The maximum Gasteiger partial charge on any atom is 0.402 e. The average molecular weight is 129 g/mol. The highest BCUT2D eigenvalue weighted by atomic mass is 19.4. The van der Waals surface area contributed by atoms with Gasteiger partial charge in [-0.3, -0.25) is 0 Å². The van der Waals surface area contributed by atoms with E-state index >= 15 is 0 Å². The first-order valence-electron chi connectivity index (χ1n) is 1.74. The first-order chi connectivity index (χ1) is 3.25. The highest BCUT2D eigenvalue weighted by Gasteiger charge is 2.39. The first kappa shape index (κ1) is 7.71. The van der Waals surface area contributed by atoms with Gasteiger partial charge in [-0.1, -0.05) is 0 Å². The Labute approximate surface area is 43.6 Å². The largest absolute Gasteiger partial charge is 0.822 e. The Morgan fingerprint density at radius 3 is 1.50 bits per heavy atom. The molecule has 2 nitrogen and oxygen atoms in total. The van der Waals surface area contributed by atoms with E-state index in [1.165, 1.54) is 0 Å². The van der Waals surface area contributed by atoms with Crippen LogP contribution in [0.4, 0.5) is 13.2 Å². The molecule has 0 aliphatic heterocycles. The fourth-order valence-electron chi connectivity index (χ4n) is 0. The van der Waals surface area contributed by atoms with Gasteiger partial charge in [0.1, 0.15) is 0 Å². The second-order valence-electron chi connectivity index (χ2n) is 1.48. The molecule has 1 atom stereocenters. The zero-order valence-electron chi connectivity index (χ0n) is 3.99. The van der Waals surface area contributed by atoms with Crippen LogP contribution < -0.4 is 5.11 Å². The second-order valence-corrected chi connectivity index (χ2v) is 1.48. The van der Waals surface area contributed by atoms with Crippen molar-refractivity contribution >= 4 is 0 Å². The van der Waals surface area contributed by atoms with Crippen molar-refractivity contribution < 1.29 is 23.4 Å². The highest BCUT2D eigenvalue weighted by molar-refractivity contribution is 4.63. The third kappa shape index (κ3) is 1.67. The summed E-state index contributed by atoms with van der Waals surface area (Å²) >= 11 is 0. The lowest BCUT2D eigenvalue weighted by atomic mass is 10.3. The van der Waals surface area contributed by atoms with Gasteiger partial charge in [0, 0.05) is 0 Å². The van der Waals surface area contributed by atoms with E-state index in [1.807, 2.05) is 0 Å². The minimum Gasteiger partial charge on any atom is -0.822 e. The van der Waals surface area contributed by atoms with E-state index in [0.717, 1.165) is 0 Å². The van der Waals surface area contributed by atoms with E-state index < -0.39 is 12.0 Å². The van der Waals surface area contributed by atoms with Crippen molar-refractivity contribution in [2.75, 3.05) is 0 Å². The fraction of sp³-hybridized carbons (Fsp3) is 1.00. The molecular weight excluding hydrogens is 125 g/mol. The standard InChI is InChI=1S/C3H4F3O2/c1-2(7,8)3(4,5)6/h7H,1H3/q-1/t2-/m1/s1. The summed E-state index contributed by atoms with van der Waals surface area (Å²) in [5.41, 5.74) is 0. The average Bonchev–Trinajstić information content (AvgIpc) is 1.25. The lowest BCUT2D eigenvalue weighted by Crippen LogP contribution is -2.53. The molecule has 0 rings (SSSR count). The van der Waals surface area contributed by atoms with Gasteiger partial charge >= 0.3 is 6.18 Å². The Balaban J connectivity index is 4.02.